The van der Waals surface area contributed by atoms with Gasteiger partial charge in [-0.2, -0.15) is 0 Å². The Morgan fingerprint density at radius 1 is 1.24 bits per heavy atom. The summed E-state index contributed by atoms with van der Waals surface area (Å²) >= 11 is 5.06. The van der Waals surface area contributed by atoms with Crippen molar-refractivity contribution in [3.63, 3.8) is 0 Å². The second-order valence-corrected chi connectivity index (χ2v) is 3.93. The molecule has 0 atom stereocenters. The van der Waals surface area contributed by atoms with Gasteiger partial charge in [0.25, 0.3) is 0 Å². The molecule has 0 unspecified atom stereocenters. The van der Waals surface area contributed by atoms with Gasteiger partial charge in [0.05, 0.1) is 6.54 Å². The van der Waals surface area contributed by atoms with E-state index < -0.39 is 0 Å². The molecule has 0 saturated heterocycles. The topological polar surface area (TPSA) is 53.2 Å². The van der Waals surface area contributed by atoms with Crippen LogP contribution in [0.4, 0.5) is 5.69 Å². The first-order valence-corrected chi connectivity index (χ1v) is 5.99. The van der Waals surface area contributed by atoms with Crippen molar-refractivity contribution in [1.82, 2.24) is 10.6 Å². The lowest BCUT2D eigenvalue weighted by Gasteiger charge is -2.10. The molecule has 0 aliphatic carbocycles. The van der Waals surface area contributed by atoms with Gasteiger partial charge < -0.3 is 16.0 Å². The van der Waals surface area contributed by atoms with Gasteiger partial charge in [-0.3, -0.25) is 4.79 Å². The van der Waals surface area contributed by atoms with Gasteiger partial charge in [0, 0.05) is 12.2 Å². The lowest BCUT2D eigenvalue weighted by molar-refractivity contribution is -0.119. The summed E-state index contributed by atoms with van der Waals surface area (Å²) in [5, 5.41) is 9.05. The highest BCUT2D eigenvalue weighted by molar-refractivity contribution is 7.80. The summed E-state index contributed by atoms with van der Waals surface area (Å²) in [6.07, 6.45) is 0.929. The summed E-state index contributed by atoms with van der Waals surface area (Å²) in [5.41, 5.74) is 0.902. The number of carbonyl (C=O) groups is 1. The van der Waals surface area contributed by atoms with E-state index in [4.69, 9.17) is 12.2 Å². The molecule has 0 spiro atoms. The number of para-hydroxylation sites is 1. The smallest absolute Gasteiger partial charge is 0.239 e. The molecule has 0 aliphatic rings. The minimum absolute atomic E-state index is 0.0518. The van der Waals surface area contributed by atoms with Crippen molar-refractivity contribution in [2.24, 2.45) is 0 Å². The average molecular weight is 251 g/mol. The Morgan fingerprint density at radius 2 is 1.94 bits per heavy atom. The van der Waals surface area contributed by atoms with Crippen LogP contribution in [0.25, 0.3) is 0 Å². The number of carbonyl (C=O) groups excluding carboxylic acids is 1. The molecule has 1 aromatic carbocycles. The molecule has 5 heteroatoms. The number of rotatable bonds is 5. The molecule has 0 heterocycles. The fourth-order valence-electron chi connectivity index (χ4n) is 1.18. The molecule has 17 heavy (non-hydrogen) atoms. The van der Waals surface area contributed by atoms with Crippen LogP contribution in [0, 0.1) is 0 Å². The third kappa shape index (κ3) is 5.87. The highest BCUT2D eigenvalue weighted by Gasteiger charge is 2.01. The largest absolute Gasteiger partial charge is 0.355 e. The number of hydrogen-bond acceptors (Lipinski definition) is 2. The molecule has 92 valence electrons. The van der Waals surface area contributed by atoms with Crippen molar-refractivity contribution in [2.75, 3.05) is 18.4 Å². The Kier molecular flexibility index (Phi) is 6.03. The van der Waals surface area contributed by atoms with Crippen LogP contribution >= 0.6 is 12.2 Å². The van der Waals surface area contributed by atoms with Crippen molar-refractivity contribution in [2.45, 2.75) is 13.3 Å². The predicted octanol–water partition coefficient (Wildman–Crippen LogP) is 1.50. The standard InChI is InChI=1S/C12H17N3OS/c1-2-8-13-11(16)9-14-12(17)15-10-6-4-3-5-7-10/h3-7H,2,8-9H2,1H3,(H,13,16)(H2,14,15,17). The van der Waals surface area contributed by atoms with Crippen LogP contribution in [0.15, 0.2) is 30.3 Å². The highest BCUT2D eigenvalue weighted by atomic mass is 32.1. The highest BCUT2D eigenvalue weighted by Crippen LogP contribution is 2.03. The Balaban J connectivity index is 2.24. The molecule has 0 bridgehead atoms. The minimum atomic E-state index is -0.0518. The lowest BCUT2D eigenvalue weighted by Crippen LogP contribution is -2.38. The zero-order valence-corrected chi connectivity index (χ0v) is 10.6. The molecule has 4 nitrogen and oxygen atoms in total. The van der Waals surface area contributed by atoms with E-state index in [1.54, 1.807) is 0 Å². The summed E-state index contributed by atoms with van der Waals surface area (Å²) in [6, 6.07) is 9.58. The van der Waals surface area contributed by atoms with Gasteiger partial charge in [-0.05, 0) is 30.8 Å². The molecule has 1 aromatic rings. The summed E-state index contributed by atoms with van der Waals surface area (Å²) in [5.74, 6) is -0.0518. The monoisotopic (exact) mass is 251 g/mol. The van der Waals surface area contributed by atoms with Crippen LogP contribution in [-0.4, -0.2) is 24.1 Å². The third-order valence-corrected chi connectivity index (χ3v) is 2.26. The fraction of sp³-hybridized carbons (Fsp3) is 0.333. The Bertz CT molecular complexity index is 367. The van der Waals surface area contributed by atoms with E-state index in [9.17, 15) is 4.79 Å². The summed E-state index contributed by atoms with van der Waals surface area (Å²) < 4.78 is 0. The molecular formula is C12H17N3OS. The number of amides is 1. The van der Waals surface area contributed by atoms with Crippen molar-refractivity contribution in [1.29, 1.82) is 0 Å². The average Bonchev–Trinajstić information content (AvgIpc) is 2.35. The van der Waals surface area contributed by atoms with Crippen LogP contribution in [0.3, 0.4) is 0 Å². The van der Waals surface area contributed by atoms with Gasteiger partial charge in [0.15, 0.2) is 5.11 Å². The first kappa shape index (κ1) is 13.4. The molecule has 0 fully saturated rings. The Morgan fingerprint density at radius 3 is 2.59 bits per heavy atom. The molecule has 1 amide bonds. The minimum Gasteiger partial charge on any atom is -0.355 e. The van der Waals surface area contributed by atoms with Gasteiger partial charge in [0.2, 0.25) is 5.91 Å². The number of anilines is 1. The molecule has 0 aliphatic heterocycles. The quantitative estimate of drug-likeness (QED) is 0.694. The second kappa shape index (κ2) is 7.62. The maximum Gasteiger partial charge on any atom is 0.239 e. The van der Waals surface area contributed by atoms with Crippen LogP contribution in [-0.2, 0) is 4.79 Å². The first-order valence-electron chi connectivity index (χ1n) is 5.59. The Labute approximate surface area is 107 Å². The molecule has 0 aromatic heterocycles. The van der Waals surface area contributed by atoms with Gasteiger partial charge in [0.1, 0.15) is 0 Å². The predicted molar refractivity (Wildman–Crippen MR) is 74.0 cm³/mol. The van der Waals surface area contributed by atoms with Crippen molar-refractivity contribution in [3.8, 4) is 0 Å². The van der Waals surface area contributed by atoms with Crippen LogP contribution in [0.2, 0.25) is 0 Å². The van der Waals surface area contributed by atoms with Crippen LogP contribution in [0.1, 0.15) is 13.3 Å². The van der Waals surface area contributed by atoms with Crippen molar-refractivity contribution < 1.29 is 4.79 Å². The number of nitrogens with one attached hydrogen (secondary N) is 3. The van der Waals surface area contributed by atoms with Gasteiger partial charge in [-0.25, -0.2) is 0 Å². The zero-order chi connectivity index (χ0) is 12.5. The normalized spacial score (nSPS) is 9.47. The van der Waals surface area contributed by atoms with Crippen molar-refractivity contribution in [3.05, 3.63) is 30.3 Å². The maximum absolute atomic E-state index is 11.3. The SMILES string of the molecule is CCCNC(=O)CNC(=S)Nc1ccccc1. The van der Waals surface area contributed by atoms with Gasteiger partial charge in [-0.15, -0.1) is 0 Å². The van der Waals surface area contributed by atoms with Crippen LogP contribution in [0.5, 0.6) is 0 Å². The molecule has 1 rings (SSSR count). The molecule has 3 N–H and O–H groups in total. The van der Waals surface area contributed by atoms with E-state index >= 15 is 0 Å². The van der Waals surface area contributed by atoms with Crippen molar-refractivity contribution >= 4 is 28.9 Å². The summed E-state index contributed by atoms with van der Waals surface area (Å²) in [4.78, 5) is 11.3. The van der Waals surface area contributed by atoms with Gasteiger partial charge in [-0.1, -0.05) is 25.1 Å². The molecule has 0 saturated carbocycles. The summed E-state index contributed by atoms with van der Waals surface area (Å²) in [7, 11) is 0. The van der Waals surface area contributed by atoms with E-state index in [2.05, 4.69) is 16.0 Å². The number of thiocarbonyl (C=S) groups is 1. The number of hydrogen-bond donors (Lipinski definition) is 3. The van der Waals surface area contributed by atoms with E-state index in [0.29, 0.717) is 11.7 Å². The second-order valence-electron chi connectivity index (χ2n) is 3.52. The first-order chi connectivity index (χ1) is 8.22. The number of benzene rings is 1. The van der Waals surface area contributed by atoms with E-state index in [1.807, 2.05) is 37.3 Å². The van der Waals surface area contributed by atoms with E-state index in [1.165, 1.54) is 0 Å². The van der Waals surface area contributed by atoms with E-state index in [0.717, 1.165) is 12.1 Å². The third-order valence-electron chi connectivity index (χ3n) is 2.01. The molecular weight excluding hydrogens is 234 g/mol. The molecule has 0 radical (unpaired) electrons. The van der Waals surface area contributed by atoms with Crippen LogP contribution < -0.4 is 16.0 Å². The maximum atomic E-state index is 11.3. The fourth-order valence-corrected chi connectivity index (χ4v) is 1.37. The Hall–Kier alpha value is -1.62. The van der Waals surface area contributed by atoms with Gasteiger partial charge >= 0.3 is 0 Å². The zero-order valence-electron chi connectivity index (χ0n) is 9.82. The van der Waals surface area contributed by atoms with E-state index in [-0.39, 0.29) is 12.5 Å². The summed E-state index contributed by atoms with van der Waals surface area (Å²) in [6.45, 7) is 2.90. The lowest BCUT2D eigenvalue weighted by atomic mass is 10.3.